The van der Waals surface area contributed by atoms with Crippen LogP contribution in [0.25, 0.3) is 12.2 Å². The molecule has 8 rings (SSSR count). The molecular weight excluding hydrogens is 1030 g/mol. The molecule has 6 fully saturated rings. The fraction of sp³-hybridized carbons (Fsp3) is 0.686. The minimum atomic E-state index is -0.704. The van der Waals surface area contributed by atoms with Crippen LogP contribution < -0.4 is 9.47 Å². The van der Waals surface area contributed by atoms with Gasteiger partial charge in [0.2, 0.25) is 0 Å². The van der Waals surface area contributed by atoms with E-state index < -0.39 is 34.7 Å². The SMILES string of the molecule is CCCCCCCCCCOC(=O)C(=Cc1ccc(OC(=O)C23C4C5C2C2C3C4C52C(=O)Oc2ccc(C=C(C(=O)OCCCCCCCCCC)C(=O)OCCCCCCCCCC)cc2)cc1)C(=O)OCCCCCCCCCC. The van der Waals surface area contributed by atoms with Crippen molar-refractivity contribution in [2.45, 2.75) is 233 Å². The molecule has 0 saturated heterocycles. The normalized spacial score (nSPS) is 22.3. The molecule has 0 atom stereocenters. The predicted molar refractivity (Wildman–Crippen MR) is 320 cm³/mol. The molecule has 2 aromatic rings. The lowest BCUT2D eigenvalue weighted by Crippen LogP contribution is -3.12. The van der Waals surface area contributed by atoms with Gasteiger partial charge in [-0.05, 0) is 109 Å². The van der Waals surface area contributed by atoms with Gasteiger partial charge in [-0.3, -0.25) is 9.59 Å². The molecule has 452 valence electrons. The van der Waals surface area contributed by atoms with Crippen molar-refractivity contribution in [3.8, 4) is 11.5 Å². The minimum absolute atomic E-state index is 0.0995. The fourth-order valence-corrected chi connectivity index (χ4v) is 14.6. The summed E-state index contributed by atoms with van der Waals surface area (Å²) in [7, 11) is 0. The van der Waals surface area contributed by atoms with E-state index in [9.17, 15) is 28.8 Å². The van der Waals surface area contributed by atoms with E-state index in [1.54, 1.807) is 48.5 Å². The molecule has 0 amide bonds. The van der Waals surface area contributed by atoms with Gasteiger partial charge in [0.15, 0.2) is 0 Å². The molecule has 12 nitrogen and oxygen atoms in total. The van der Waals surface area contributed by atoms with Gasteiger partial charge < -0.3 is 28.4 Å². The Balaban J connectivity index is 0.885. The third kappa shape index (κ3) is 15.3. The monoisotopic (exact) mass is 1130 g/mol. The van der Waals surface area contributed by atoms with E-state index in [0.717, 1.165) is 77.0 Å². The Morgan fingerprint density at radius 1 is 0.317 bits per heavy atom. The lowest BCUT2D eigenvalue weighted by Gasteiger charge is -3.08. The quantitative estimate of drug-likeness (QED) is 0.0118. The summed E-state index contributed by atoms with van der Waals surface area (Å²) >= 11 is 0. The Labute approximate surface area is 491 Å². The van der Waals surface area contributed by atoms with E-state index in [4.69, 9.17) is 28.4 Å². The third-order valence-electron chi connectivity index (χ3n) is 18.9. The van der Waals surface area contributed by atoms with Crippen LogP contribution in [0.15, 0.2) is 59.7 Å². The smallest absolute Gasteiger partial charge is 0.345 e. The molecule has 0 bridgehead atoms. The van der Waals surface area contributed by atoms with Crippen molar-refractivity contribution in [3.63, 3.8) is 0 Å². The van der Waals surface area contributed by atoms with Gasteiger partial charge in [-0.1, -0.05) is 232 Å². The standard InChI is InChI=1S/C70H100O12/c1-5-9-13-17-21-25-29-33-45-77-63(71)55(64(72)78-46-34-30-26-22-18-14-10-6-2)49-51-37-41-53(42-38-51)81-67(75)69-57-60-58(69)62-59(69)61(57)70(60,62)68(76)82-54-43-39-52(40-44-54)50-56(65(73)79-47-35-31-27-23-19-15-11-7-3)66(74)80-48-36-32-28-24-20-16-12-8-4/h37-44,49-50,57-62H,5-36,45-48H2,1-4H3. The zero-order chi connectivity index (χ0) is 58.2. The number of hydrogen-bond donors (Lipinski definition) is 0. The molecule has 82 heavy (non-hydrogen) atoms. The van der Waals surface area contributed by atoms with Crippen molar-refractivity contribution < 1.29 is 57.2 Å². The van der Waals surface area contributed by atoms with E-state index in [1.807, 2.05) is 0 Å². The Morgan fingerprint density at radius 3 is 0.744 bits per heavy atom. The number of hydrogen-bond acceptors (Lipinski definition) is 12. The molecule has 6 aliphatic carbocycles. The molecule has 0 radical (unpaired) electrons. The lowest BCUT2D eigenvalue weighted by atomic mass is 8.92. The highest BCUT2D eigenvalue weighted by Crippen LogP contribution is 3.10. The molecule has 2 aromatic carbocycles. The summed E-state index contributed by atoms with van der Waals surface area (Å²) in [5.41, 5.74) is -0.280. The average Bonchev–Trinajstić information content (AvgIpc) is 0.551. The summed E-state index contributed by atoms with van der Waals surface area (Å²) in [6.07, 6.45) is 38.5. The maximum Gasteiger partial charge on any atom is 0.345 e. The fourth-order valence-electron chi connectivity index (χ4n) is 14.6. The van der Waals surface area contributed by atoms with Gasteiger partial charge >= 0.3 is 35.8 Å². The highest BCUT2D eigenvalue weighted by Gasteiger charge is 3.14. The van der Waals surface area contributed by atoms with Gasteiger partial charge in [-0.25, -0.2) is 19.2 Å². The molecule has 0 unspecified atom stereocenters. The van der Waals surface area contributed by atoms with Crippen LogP contribution in [0.5, 0.6) is 11.5 Å². The van der Waals surface area contributed by atoms with Crippen molar-refractivity contribution in [3.05, 3.63) is 70.8 Å². The summed E-state index contributed by atoms with van der Waals surface area (Å²) < 4.78 is 34.5. The summed E-state index contributed by atoms with van der Waals surface area (Å²) in [5.74, 6) is -1.99. The molecule has 0 spiro atoms. The van der Waals surface area contributed by atoms with Crippen LogP contribution >= 0.6 is 0 Å². The first-order valence-electron chi connectivity index (χ1n) is 32.9. The first kappa shape index (κ1) is 64.3. The molecule has 6 aliphatic rings. The largest absolute Gasteiger partial charge is 0.462 e. The van der Waals surface area contributed by atoms with Gasteiger partial charge in [0, 0.05) is 0 Å². The highest BCUT2D eigenvalue weighted by molar-refractivity contribution is 6.18. The van der Waals surface area contributed by atoms with E-state index in [2.05, 4.69) is 27.7 Å². The molecule has 0 aliphatic heterocycles. The number of benzene rings is 2. The molecule has 12 heteroatoms. The number of esters is 6. The molecule has 0 N–H and O–H groups in total. The maximum atomic E-state index is 14.0. The molecule has 0 heterocycles. The van der Waals surface area contributed by atoms with E-state index in [1.165, 1.54) is 141 Å². The zero-order valence-corrected chi connectivity index (χ0v) is 50.6. The number of carbonyl (C=O) groups is 6. The van der Waals surface area contributed by atoms with Gasteiger partial charge in [0.1, 0.15) is 22.6 Å². The minimum Gasteiger partial charge on any atom is -0.462 e. The van der Waals surface area contributed by atoms with Crippen molar-refractivity contribution >= 4 is 48.0 Å². The Bertz CT molecular complexity index is 2120. The Kier molecular flexibility index (Phi) is 26.1. The van der Waals surface area contributed by atoms with Crippen LogP contribution in [0.2, 0.25) is 0 Å². The van der Waals surface area contributed by atoms with Gasteiger partial charge in [0.05, 0.1) is 37.3 Å². The second-order valence-electron chi connectivity index (χ2n) is 24.5. The van der Waals surface area contributed by atoms with E-state index >= 15 is 0 Å². The zero-order valence-electron chi connectivity index (χ0n) is 50.6. The van der Waals surface area contributed by atoms with Crippen molar-refractivity contribution in [1.29, 1.82) is 0 Å². The summed E-state index contributed by atoms with van der Waals surface area (Å²) in [5, 5.41) is 0. The van der Waals surface area contributed by atoms with Crippen molar-refractivity contribution in [1.82, 2.24) is 0 Å². The lowest BCUT2D eigenvalue weighted by molar-refractivity contribution is -0.627. The second-order valence-corrected chi connectivity index (χ2v) is 24.5. The second kappa shape index (κ2) is 33.3. The first-order valence-corrected chi connectivity index (χ1v) is 32.9. The van der Waals surface area contributed by atoms with Gasteiger partial charge in [0.25, 0.3) is 0 Å². The summed E-state index contributed by atoms with van der Waals surface area (Å²) in [6.45, 7) is 9.76. The van der Waals surface area contributed by atoms with E-state index in [-0.39, 0.29) is 85.0 Å². The Hall–Kier alpha value is -5.26. The van der Waals surface area contributed by atoms with Crippen LogP contribution in [0.1, 0.15) is 244 Å². The molecule has 6 saturated carbocycles. The number of rotatable bonds is 46. The van der Waals surface area contributed by atoms with Crippen LogP contribution in [0, 0.1) is 46.3 Å². The highest BCUT2D eigenvalue weighted by atomic mass is 16.6. The topological polar surface area (TPSA) is 158 Å². The van der Waals surface area contributed by atoms with Crippen LogP contribution in [-0.2, 0) is 47.7 Å². The van der Waals surface area contributed by atoms with Gasteiger partial charge in [-0.15, -0.1) is 0 Å². The number of unbranched alkanes of at least 4 members (excludes halogenated alkanes) is 28. The maximum absolute atomic E-state index is 14.0. The molecule has 0 aromatic heterocycles. The van der Waals surface area contributed by atoms with Crippen LogP contribution in [0.3, 0.4) is 0 Å². The number of ether oxygens (including phenoxy) is 6. The predicted octanol–water partition coefficient (Wildman–Crippen LogP) is 16.4. The van der Waals surface area contributed by atoms with Crippen molar-refractivity contribution in [2.24, 2.45) is 46.3 Å². The number of carbonyl (C=O) groups excluding carboxylic acids is 6. The van der Waals surface area contributed by atoms with E-state index in [0.29, 0.717) is 22.6 Å². The summed E-state index contributed by atoms with van der Waals surface area (Å²) in [4.78, 5) is 81.4. The average molecular weight is 1130 g/mol. The van der Waals surface area contributed by atoms with Gasteiger partial charge in [-0.2, -0.15) is 0 Å². The van der Waals surface area contributed by atoms with Crippen LogP contribution in [0.4, 0.5) is 0 Å². The molecular formula is C70H100O12. The summed E-state index contributed by atoms with van der Waals surface area (Å²) in [6, 6.07) is 13.6. The van der Waals surface area contributed by atoms with Crippen molar-refractivity contribution in [2.75, 3.05) is 26.4 Å². The third-order valence-corrected chi connectivity index (χ3v) is 18.9. The Morgan fingerprint density at radius 2 is 0.524 bits per heavy atom. The van der Waals surface area contributed by atoms with Crippen LogP contribution in [-0.4, -0.2) is 62.2 Å². The first-order chi connectivity index (χ1) is 40.1.